The Hall–Kier alpha value is -1.84. The molecule has 1 heterocycles. The Bertz CT molecular complexity index is 472. The highest BCUT2D eigenvalue weighted by atomic mass is 19.1. The van der Waals surface area contributed by atoms with Crippen molar-refractivity contribution in [3.05, 3.63) is 46.5 Å². The van der Waals surface area contributed by atoms with Crippen LogP contribution in [0.25, 0.3) is 11.3 Å². The SMILES string of the molecule is O=c1cc(-c2cccc(F)c2)o[nH]1. The second kappa shape index (κ2) is 2.90. The topological polar surface area (TPSA) is 46.0 Å². The van der Waals surface area contributed by atoms with E-state index < -0.39 is 0 Å². The monoisotopic (exact) mass is 179 g/mol. The second-order valence-corrected chi connectivity index (χ2v) is 2.59. The van der Waals surface area contributed by atoms with E-state index >= 15 is 0 Å². The van der Waals surface area contributed by atoms with Gasteiger partial charge in [0.2, 0.25) is 0 Å². The molecule has 0 amide bonds. The fraction of sp³-hybridized carbons (Fsp3) is 0. The van der Waals surface area contributed by atoms with E-state index in [1.807, 2.05) is 0 Å². The first-order chi connectivity index (χ1) is 6.25. The molecule has 66 valence electrons. The number of H-pyrrole nitrogens is 1. The third kappa shape index (κ3) is 1.51. The molecule has 0 radical (unpaired) electrons. The molecule has 0 aliphatic rings. The van der Waals surface area contributed by atoms with Crippen LogP contribution >= 0.6 is 0 Å². The number of hydrogen-bond acceptors (Lipinski definition) is 2. The summed E-state index contributed by atoms with van der Waals surface area (Å²) < 4.78 is 17.5. The number of halogens is 1. The van der Waals surface area contributed by atoms with Crippen molar-refractivity contribution in [2.24, 2.45) is 0 Å². The van der Waals surface area contributed by atoms with Crippen molar-refractivity contribution in [2.75, 3.05) is 0 Å². The molecule has 1 aromatic heterocycles. The Morgan fingerprint density at radius 1 is 1.31 bits per heavy atom. The standard InChI is InChI=1S/C9H6FNO2/c10-7-3-1-2-6(4-7)8-5-9(12)11-13-8/h1-5H,(H,11,12). The maximum absolute atomic E-state index is 12.7. The van der Waals surface area contributed by atoms with Crippen LogP contribution < -0.4 is 5.56 Å². The maximum Gasteiger partial charge on any atom is 0.280 e. The van der Waals surface area contributed by atoms with Gasteiger partial charge in [-0.3, -0.25) is 4.79 Å². The molecular weight excluding hydrogens is 173 g/mol. The minimum atomic E-state index is -0.360. The van der Waals surface area contributed by atoms with E-state index in [9.17, 15) is 9.18 Å². The Labute approximate surface area is 72.8 Å². The molecule has 13 heavy (non-hydrogen) atoms. The van der Waals surface area contributed by atoms with Crippen LogP contribution in [-0.2, 0) is 0 Å². The average Bonchev–Trinajstić information content (AvgIpc) is 2.52. The summed E-state index contributed by atoms with van der Waals surface area (Å²) >= 11 is 0. The summed E-state index contributed by atoms with van der Waals surface area (Å²) in [6, 6.07) is 7.11. The summed E-state index contributed by atoms with van der Waals surface area (Å²) in [4.78, 5) is 10.7. The van der Waals surface area contributed by atoms with Crippen LogP contribution in [0.3, 0.4) is 0 Å². The molecule has 0 fully saturated rings. The molecule has 2 rings (SSSR count). The number of rotatable bonds is 1. The molecule has 0 unspecified atom stereocenters. The van der Waals surface area contributed by atoms with Crippen LogP contribution in [-0.4, -0.2) is 5.16 Å². The minimum absolute atomic E-state index is 0.334. The Balaban J connectivity index is 2.52. The number of aromatic amines is 1. The van der Waals surface area contributed by atoms with E-state index in [1.165, 1.54) is 18.2 Å². The summed E-state index contributed by atoms with van der Waals surface area (Å²) in [6.45, 7) is 0. The Morgan fingerprint density at radius 2 is 2.15 bits per heavy atom. The zero-order valence-electron chi connectivity index (χ0n) is 6.58. The van der Waals surface area contributed by atoms with E-state index in [0.29, 0.717) is 11.3 Å². The van der Waals surface area contributed by atoms with Gasteiger partial charge in [-0.2, -0.15) is 5.16 Å². The molecule has 1 aromatic carbocycles. The van der Waals surface area contributed by atoms with E-state index in [4.69, 9.17) is 4.52 Å². The zero-order chi connectivity index (χ0) is 9.26. The highest BCUT2D eigenvalue weighted by molar-refractivity contribution is 5.56. The fourth-order valence-electron chi connectivity index (χ4n) is 1.07. The molecule has 0 saturated carbocycles. The molecule has 3 nitrogen and oxygen atoms in total. The smallest absolute Gasteiger partial charge is 0.280 e. The summed E-state index contributed by atoms with van der Waals surface area (Å²) in [5.41, 5.74) is 0.206. The molecule has 0 aliphatic carbocycles. The lowest BCUT2D eigenvalue weighted by Gasteiger charge is -1.93. The first kappa shape index (κ1) is 7.79. The van der Waals surface area contributed by atoms with Crippen molar-refractivity contribution >= 4 is 0 Å². The van der Waals surface area contributed by atoms with Gasteiger partial charge < -0.3 is 4.52 Å². The van der Waals surface area contributed by atoms with E-state index in [1.54, 1.807) is 12.1 Å². The first-order valence-electron chi connectivity index (χ1n) is 3.70. The highest BCUT2D eigenvalue weighted by Gasteiger charge is 2.03. The summed E-state index contributed by atoms with van der Waals surface area (Å²) in [6.07, 6.45) is 0. The van der Waals surface area contributed by atoms with Gasteiger partial charge in [0.25, 0.3) is 5.56 Å². The quantitative estimate of drug-likeness (QED) is 0.725. The number of benzene rings is 1. The van der Waals surface area contributed by atoms with Crippen molar-refractivity contribution in [3.8, 4) is 11.3 Å². The molecule has 0 spiro atoms. The molecule has 0 bridgehead atoms. The zero-order valence-corrected chi connectivity index (χ0v) is 6.58. The summed E-state index contributed by atoms with van der Waals surface area (Å²) in [7, 11) is 0. The third-order valence-electron chi connectivity index (χ3n) is 1.63. The van der Waals surface area contributed by atoms with Crippen LogP contribution in [0.4, 0.5) is 4.39 Å². The molecule has 4 heteroatoms. The predicted octanol–water partition coefficient (Wildman–Crippen LogP) is 1.77. The van der Waals surface area contributed by atoms with Gasteiger partial charge in [0, 0.05) is 5.56 Å². The van der Waals surface area contributed by atoms with Gasteiger partial charge in [0.05, 0.1) is 6.07 Å². The maximum atomic E-state index is 12.7. The molecule has 0 aliphatic heterocycles. The Morgan fingerprint density at radius 3 is 2.77 bits per heavy atom. The lowest BCUT2D eigenvalue weighted by Crippen LogP contribution is -1.92. The molecule has 0 saturated heterocycles. The Kier molecular flexibility index (Phi) is 1.73. The van der Waals surface area contributed by atoms with E-state index in [-0.39, 0.29) is 11.4 Å². The van der Waals surface area contributed by atoms with Gasteiger partial charge >= 0.3 is 0 Å². The van der Waals surface area contributed by atoms with Crippen molar-refractivity contribution in [1.29, 1.82) is 0 Å². The van der Waals surface area contributed by atoms with Gasteiger partial charge in [-0.15, -0.1) is 0 Å². The van der Waals surface area contributed by atoms with Crippen molar-refractivity contribution in [2.45, 2.75) is 0 Å². The second-order valence-electron chi connectivity index (χ2n) is 2.59. The van der Waals surface area contributed by atoms with Gasteiger partial charge in [0.15, 0.2) is 5.76 Å². The van der Waals surface area contributed by atoms with Crippen LogP contribution in [0.5, 0.6) is 0 Å². The molecule has 0 atom stereocenters. The predicted molar refractivity (Wildman–Crippen MR) is 44.7 cm³/mol. The van der Waals surface area contributed by atoms with Gasteiger partial charge in [0.1, 0.15) is 5.82 Å². The minimum Gasteiger partial charge on any atom is -0.378 e. The lowest BCUT2D eigenvalue weighted by molar-refractivity contribution is 0.425. The van der Waals surface area contributed by atoms with Crippen LogP contribution in [0.15, 0.2) is 39.6 Å². The summed E-state index contributed by atoms with van der Waals surface area (Å²) in [5.74, 6) is -0.0224. The van der Waals surface area contributed by atoms with Gasteiger partial charge in [-0.05, 0) is 12.1 Å². The van der Waals surface area contributed by atoms with E-state index in [0.717, 1.165) is 0 Å². The van der Waals surface area contributed by atoms with Crippen LogP contribution in [0, 0.1) is 5.82 Å². The van der Waals surface area contributed by atoms with E-state index in [2.05, 4.69) is 5.16 Å². The highest BCUT2D eigenvalue weighted by Crippen LogP contribution is 2.17. The van der Waals surface area contributed by atoms with Gasteiger partial charge in [-0.1, -0.05) is 12.1 Å². The molecule has 1 N–H and O–H groups in total. The summed E-state index contributed by atoms with van der Waals surface area (Å²) in [5, 5.41) is 2.13. The number of aromatic nitrogens is 1. The molecule has 2 aromatic rings. The fourth-order valence-corrected chi connectivity index (χ4v) is 1.07. The van der Waals surface area contributed by atoms with Gasteiger partial charge in [-0.25, -0.2) is 4.39 Å². The number of nitrogens with one attached hydrogen (secondary N) is 1. The average molecular weight is 179 g/mol. The first-order valence-corrected chi connectivity index (χ1v) is 3.70. The van der Waals surface area contributed by atoms with Crippen molar-refractivity contribution in [1.82, 2.24) is 5.16 Å². The lowest BCUT2D eigenvalue weighted by atomic mass is 10.2. The van der Waals surface area contributed by atoms with Crippen LogP contribution in [0.1, 0.15) is 0 Å². The largest absolute Gasteiger partial charge is 0.378 e. The molecular formula is C9H6FNO2. The van der Waals surface area contributed by atoms with Crippen molar-refractivity contribution in [3.63, 3.8) is 0 Å². The number of hydrogen-bond donors (Lipinski definition) is 1. The normalized spacial score (nSPS) is 10.2. The van der Waals surface area contributed by atoms with Crippen molar-refractivity contribution < 1.29 is 8.91 Å². The third-order valence-corrected chi connectivity index (χ3v) is 1.63. The van der Waals surface area contributed by atoms with Crippen LogP contribution in [0.2, 0.25) is 0 Å².